The summed E-state index contributed by atoms with van der Waals surface area (Å²) in [7, 11) is 0. The van der Waals surface area contributed by atoms with Gasteiger partial charge in [-0.2, -0.15) is 13.2 Å². The van der Waals surface area contributed by atoms with Gasteiger partial charge in [-0.05, 0) is 30.2 Å². The zero-order valence-corrected chi connectivity index (χ0v) is 11.0. The van der Waals surface area contributed by atoms with Crippen molar-refractivity contribution < 1.29 is 18.0 Å². The Labute approximate surface area is 111 Å². The average molecular weight is 322 g/mol. The first kappa shape index (κ1) is 13.4. The standard InChI is InChI=1S/C12H11BrF3NO/c13-6-8-5-11(18)17(7-8)10-3-1-9(2-4-10)12(14,15)16/h1-4,8H,5-7H2. The fourth-order valence-corrected chi connectivity index (χ4v) is 2.40. The van der Waals surface area contributed by atoms with E-state index in [0.29, 0.717) is 18.7 Å². The van der Waals surface area contributed by atoms with Crippen LogP contribution in [0.3, 0.4) is 0 Å². The van der Waals surface area contributed by atoms with Gasteiger partial charge in [-0.3, -0.25) is 4.79 Å². The molecule has 1 atom stereocenters. The van der Waals surface area contributed by atoms with E-state index in [-0.39, 0.29) is 11.8 Å². The molecule has 1 aliphatic rings. The summed E-state index contributed by atoms with van der Waals surface area (Å²) < 4.78 is 37.2. The number of nitrogens with zero attached hydrogens (tertiary/aromatic N) is 1. The minimum Gasteiger partial charge on any atom is -0.312 e. The molecule has 1 aliphatic heterocycles. The van der Waals surface area contributed by atoms with Crippen LogP contribution in [0.1, 0.15) is 12.0 Å². The summed E-state index contributed by atoms with van der Waals surface area (Å²) in [6.45, 7) is 0.551. The smallest absolute Gasteiger partial charge is 0.312 e. The van der Waals surface area contributed by atoms with Crippen molar-refractivity contribution in [2.45, 2.75) is 12.6 Å². The van der Waals surface area contributed by atoms with Gasteiger partial charge in [0, 0.05) is 24.0 Å². The molecule has 1 aromatic carbocycles. The molecule has 98 valence electrons. The second-order valence-corrected chi connectivity index (χ2v) is 4.92. The fourth-order valence-electron chi connectivity index (χ4n) is 1.96. The van der Waals surface area contributed by atoms with Crippen LogP contribution in [-0.4, -0.2) is 17.8 Å². The molecular formula is C12H11BrF3NO. The maximum absolute atomic E-state index is 12.4. The third-order valence-electron chi connectivity index (χ3n) is 2.93. The van der Waals surface area contributed by atoms with Crippen molar-refractivity contribution >= 4 is 27.5 Å². The van der Waals surface area contributed by atoms with Crippen molar-refractivity contribution in [3.05, 3.63) is 29.8 Å². The van der Waals surface area contributed by atoms with Gasteiger partial charge in [-0.15, -0.1) is 0 Å². The third kappa shape index (κ3) is 2.68. The van der Waals surface area contributed by atoms with E-state index < -0.39 is 11.7 Å². The Bertz CT molecular complexity index is 444. The van der Waals surface area contributed by atoms with Gasteiger partial charge >= 0.3 is 6.18 Å². The molecule has 0 radical (unpaired) electrons. The van der Waals surface area contributed by atoms with Crippen molar-refractivity contribution in [2.75, 3.05) is 16.8 Å². The highest BCUT2D eigenvalue weighted by atomic mass is 79.9. The number of alkyl halides is 4. The lowest BCUT2D eigenvalue weighted by Crippen LogP contribution is -2.24. The van der Waals surface area contributed by atoms with Crippen molar-refractivity contribution in [2.24, 2.45) is 5.92 Å². The van der Waals surface area contributed by atoms with Gasteiger partial charge in [0.1, 0.15) is 0 Å². The lowest BCUT2D eigenvalue weighted by atomic mass is 10.1. The van der Waals surface area contributed by atoms with E-state index in [1.54, 1.807) is 0 Å². The zero-order valence-electron chi connectivity index (χ0n) is 9.38. The molecule has 1 saturated heterocycles. The summed E-state index contributed by atoms with van der Waals surface area (Å²) in [5, 5.41) is 0.718. The number of hydrogen-bond donors (Lipinski definition) is 0. The first-order valence-electron chi connectivity index (χ1n) is 5.45. The van der Waals surface area contributed by atoms with Crippen molar-refractivity contribution in [1.82, 2.24) is 0 Å². The van der Waals surface area contributed by atoms with Crippen LogP contribution in [0, 0.1) is 5.92 Å². The maximum Gasteiger partial charge on any atom is 0.416 e. The summed E-state index contributed by atoms with van der Waals surface area (Å²) in [5.41, 5.74) is -0.175. The molecule has 0 N–H and O–H groups in total. The number of halogens is 4. The fraction of sp³-hybridized carbons (Fsp3) is 0.417. The van der Waals surface area contributed by atoms with E-state index in [1.807, 2.05) is 0 Å². The predicted molar refractivity (Wildman–Crippen MR) is 65.7 cm³/mol. The van der Waals surface area contributed by atoms with E-state index in [4.69, 9.17) is 0 Å². The van der Waals surface area contributed by atoms with Crippen molar-refractivity contribution in [3.63, 3.8) is 0 Å². The number of carbonyl (C=O) groups is 1. The lowest BCUT2D eigenvalue weighted by molar-refractivity contribution is -0.137. The van der Waals surface area contributed by atoms with Crippen LogP contribution < -0.4 is 4.90 Å². The van der Waals surface area contributed by atoms with Crippen LogP contribution in [0.5, 0.6) is 0 Å². The molecule has 0 saturated carbocycles. The van der Waals surface area contributed by atoms with Crippen LogP contribution in [0.2, 0.25) is 0 Å². The highest BCUT2D eigenvalue weighted by Crippen LogP contribution is 2.32. The second kappa shape index (κ2) is 4.91. The van der Waals surface area contributed by atoms with Crippen LogP contribution in [0.4, 0.5) is 18.9 Å². The minimum atomic E-state index is -4.34. The Morgan fingerprint density at radius 2 is 1.89 bits per heavy atom. The molecule has 1 heterocycles. The molecule has 0 aliphatic carbocycles. The number of anilines is 1. The van der Waals surface area contributed by atoms with Crippen LogP contribution >= 0.6 is 15.9 Å². The minimum absolute atomic E-state index is 0.0424. The molecule has 2 nitrogen and oxygen atoms in total. The van der Waals surface area contributed by atoms with Crippen molar-refractivity contribution in [1.29, 1.82) is 0 Å². The summed E-state index contributed by atoms with van der Waals surface area (Å²) in [6, 6.07) is 4.70. The zero-order chi connectivity index (χ0) is 13.3. The molecular weight excluding hydrogens is 311 g/mol. The molecule has 0 aromatic heterocycles. The second-order valence-electron chi connectivity index (χ2n) is 4.27. The largest absolute Gasteiger partial charge is 0.416 e. The van der Waals surface area contributed by atoms with Gasteiger partial charge in [0.25, 0.3) is 0 Å². The Morgan fingerprint density at radius 1 is 1.28 bits per heavy atom. The van der Waals surface area contributed by atoms with Gasteiger partial charge < -0.3 is 4.90 Å². The number of hydrogen-bond acceptors (Lipinski definition) is 1. The van der Waals surface area contributed by atoms with Gasteiger partial charge in [0.05, 0.1) is 5.56 Å². The highest BCUT2D eigenvalue weighted by Gasteiger charge is 2.32. The van der Waals surface area contributed by atoms with Crippen LogP contribution in [0.25, 0.3) is 0 Å². The molecule has 18 heavy (non-hydrogen) atoms. The normalized spacial score (nSPS) is 20.6. The maximum atomic E-state index is 12.4. The van der Waals surface area contributed by atoms with E-state index in [9.17, 15) is 18.0 Å². The van der Waals surface area contributed by atoms with Crippen LogP contribution in [-0.2, 0) is 11.0 Å². The highest BCUT2D eigenvalue weighted by molar-refractivity contribution is 9.09. The third-order valence-corrected chi connectivity index (χ3v) is 3.85. The van der Waals surface area contributed by atoms with Gasteiger partial charge in [0.2, 0.25) is 5.91 Å². The first-order valence-corrected chi connectivity index (χ1v) is 6.57. The van der Waals surface area contributed by atoms with Gasteiger partial charge in [-0.25, -0.2) is 0 Å². The van der Waals surface area contributed by atoms with Gasteiger partial charge in [0.15, 0.2) is 0 Å². The molecule has 2 rings (SSSR count). The van der Waals surface area contributed by atoms with Gasteiger partial charge in [-0.1, -0.05) is 15.9 Å². The first-order chi connectivity index (χ1) is 8.41. The molecule has 6 heteroatoms. The molecule has 1 unspecified atom stereocenters. The quantitative estimate of drug-likeness (QED) is 0.764. The number of rotatable bonds is 2. The number of carbonyl (C=O) groups excluding carboxylic acids is 1. The predicted octanol–water partition coefficient (Wildman–Crippen LogP) is 3.45. The molecule has 1 fully saturated rings. The molecule has 0 bridgehead atoms. The average Bonchev–Trinajstić information content (AvgIpc) is 2.70. The Hall–Kier alpha value is -1.04. The lowest BCUT2D eigenvalue weighted by Gasteiger charge is -2.17. The molecule has 1 aromatic rings. The summed E-state index contributed by atoms with van der Waals surface area (Å²) in [4.78, 5) is 13.2. The molecule has 1 amide bonds. The number of amides is 1. The monoisotopic (exact) mass is 321 g/mol. The van der Waals surface area contributed by atoms with Crippen molar-refractivity contribution in [3.8, 4) is 0 Å². The Morgan fingerprint density at radius 3 is 2.33 bits per heavy atom. The summed E-state index contributed by atoms with van der Waals surface area (Å²) in [6.07, 6.45) is -3.90. The molecule has 0 spiro atoms. The number of benzene rings is 1. The summed E-state index contributed by atoms with van der Waals surface area (Å²) >= 11 is 3.31. The Balaban J connectivity index is 2.18. The Kier molecular flexibility index (Phi) is 3.66. The van der Waals surface area contributed by atoms with E-state index in [2.05, 4.69) is 15.9 Å². The van der Waals surface area contributed by atoms with E-state index in [1.165, 1.54) is 17.0 Å². The summed E-state index contributed by atoms with van der Waals surface area (Å²) in [5.74, 6) is 0.180. The SMILES string of the molecule is O=C1CC(CBr)CN1c1ccc(C(F)(F)F)cc1. The van der Waals surface area contributed by atoms with E-state index >= 15 is 0 Å². The topological polar surface area (TPSA) is 20.3 Å². The van der Waals surface area contributed by atoms with Crippen LogP contribution in [0.15, 0.2) is 24.3 Å². The van der Waals surface area contributed by atoms with E-state index in [0.717, 1.165) is 17.5 Å².